The van der Waals surface area contributed by atoms with Gasteiger partial charge in [0.2, 0.25) is 5.91 Å². The Balaban J connectivity index is 2.11. The lowest BCUT2D eigenvalue weighted by molar-refractivity contribution is -0.124. The summed E-state index contributed by atoms with van der Waals surface area (Å²) >= 11 is 0. The van der Waals surface area contributed by atoms with Crippen LogP contribution in [0.15, 0.2) is 18.2 Å². The summed E-state index contributed by atoms with van der Waals surface area (Å²) in [7, 11) is 0. The number of carbonyl (C=O) groups is 1. The molecular formula is C12H16FN3O. The van der Waals surface area contributed by atoms with Gasteiger partial charge in [0.05, 0.1) is 5.92 Å². The van der Waals surface area contributed by atoms with Crippen LogP contribution in [0.25, 0.3) is 0 Å². The van der Waals surface area contributed by atoms with Crippen LogP contribution in [0.3, 0.4) is 0 Å². The number of hydrogen-bond acceptors (Lipinski definition) is 3. The predicted molar refractivity (Wildman–Crippen MR) is 63.8 cm³/mol. The maximum atomic E-state index is 13.2. The first-order valence-electron chi connectivity index (χ1n) is 5.65. The van der Waals surface area contributed by atoms with Gasteiger partial charge in [0.25, 0.3) is 0 Å². The number of benzene rings is 1. The highest BCUT2D eigenvalue weighted by Gasteiger charge is 2.23. The van der Waals surface area contributed by atoms with Gasteiger partial charge in [-0.2, -0.15) is 0 Å². The number of anilines is 1. The molecule has 0 spiro atoms. The molecule has 2 rings (SSSR count). The van der Waals surface area contributed by atoms with Crippen molar-refractivity contribution in [3.63, 3.8) is 0 Å². The smallest absolute Gasteiger partial charge is 0.238 e. The summed E-state index contributed by atoms with van der Waals surface area (Å²) in [5, 5.41) is 0. The van der Waals surface area contributed by atoms with Crippen molar-refractivity contribution in [1.29, 1.82) is 0 Å². The maximum Gasteiger partial charge on any atom is 0.238 e. The molecule has 1 aromatic rings. The van der Waals surface area contributed by atoms with Gasteiger partial charge < -0.3 is 4.90 Å². The molecule has 0 fully saturated rings. The van der Waals surface area contributed by atoms with Crippen LogP contribution >= 0.6 is 0 Å². The molecule has 17 heavy (non-hydrogen) atoms. The van der Waals surface area contributed by atoms with Gasteiger partial charge in [0.15, 0.2) is 0 Å². The summed E-state index contributed by atoms with van der Waals surface area (Å²) in [6.45, 7) is 3.18. The van der Waals surface area contributed by atoms with Crippen LogP contribution < -0.4 is 16.2 Å². The van der Waals surface area contributed by atoms with Crippen LogP contribution in [0.2, 0.25) is 0 Å². The summed E-state index contributed by atoms with van der Waals surface area (Å²) < 4.78 is 13.2. The number of carbonyl (C=O) groups excluding carboxylic acids is 1. The largest absolute Gasteiger partial charge is 0.370 e. The first-order chi connectivity index (χ1) is 8.11. The van der Waals surface area contributed by atoms with Gasteiger partial charge in [-0.15, -0.1) is 0 Å². The van der Waals surface area contributed by atoms with E-state index in [9.17, 15) is 9.18 Å². The Bertz CT molecular complexity index is 436. The summed E-state index contributed by atoms with van der Waals surface area (Å²) in [6, 6.07) is 4.80. The van der Waals surface area contributed by atoms with E-state index in [-0.39, 0.29) is 17.6 Å². The van der Waals surface area contributed by atoms with Gasteiger partial charge in [-0.25, -0.2) is 10.2 Å². The highest BCUT2D eigenvalue weighted by atomic mass is 19.1. The van der Waals surface area contributed by atoms with Crippen molar-refractivity contribution in [3.8, 4) is 0 Å². The second-order valence-corrected chi connectivity index (χ2v) is 4.38. The number of amides is 1. The van der Waals surface area contributed by atoms with Crippen molar-refractivity contribution in [2.75, 3.05) is 18.0 Å². The van der Waals surface area contributed by atoms with Crippen molar-refractivity contribution in [1.82, 2.24) is 5.43 Å². The topological polar surface area (TPSA) is 58.4 Å². The van der Waals surface area contributed by atoms with Crippen LogP contribution in [0.4, 0.5) is 10.1 Å². The van der Waals surface area contributed by atoms with Crippen LogP contribution in [0.1, 0.15) is 12.5 Å². The van der Waals surface area contributed by atoms with Gasteiger partial charge in [-0.05, 0) is 24.1 Å². The van der Waals surface area contributed by atoms with E-state index in [4.69, 9.17) is 5.84 Å². The van der Waals surface area contributed by atoms with E-state index in [0.29, 0.717) is 6.54 Å². The van der Waals surface area contributed by atoms with Crippen LogP contribution in [0, 0.1) is 11.7 Å². The summed E-state index contributed by atoms with van der Waals surface area (Å²) in [5.41, 5.74) is 4.16. The summed E-state index contributed by atoms with van der Waals surface area (Å²) in [4.78, 5) is 13.4. The van der Waals surface area contributed by atoms with Crippen molar-refractivity contribution in [2.24, 2.45) is 11.8 Å². The van der Waals surface area contributed by atoms with E-state index in [2.05, 4.69) is 5.43 Å². The van der Waals surface area contributed by atoms with Gasteiger partial charge in [0, 0.05) is 18.8 Å². The minimum absolute atomic E-state index is 0.199. The number of nitrogens with zero attached hydrogens (tertiary/aromatic N) is 1. The Morgan fingerprint density at radius 3 is 3.12 bits per heavy atom. The van der Waals surface area contributed by atoms with E-state index in [0.717, 1.165) is 24.2 Å². The van der Waals surface area contributed by atoms with Gasteiger partial charge in [-0.1, -0.05) is 13.0 Å². The van der Waals surface area contributed by atoms with E-state index < -0.39 is 0 Å². The molecular weight excluding hydrogens is 221 g/mol. The molecule has 0 bridgehead atoms. The molecule has 1 atom stereocenters. The van der Waals surface area contributed by atoms with Crippen molar-refractivity contribution in [2.45, 2.75) is 13.3 Å². The number of rotatable bonds is 3. The number of nitrogens with one attached hydrogen (secondary N) is 1. The molecule has 0 radical (unpaired) electrons. The summed E-state index contributed by atoms with van der Waals surface area (Å²) in [6.07, 6.45) is 0.895. The third-order valence-corrected chi connectivity index (χ3v) is 3.12. The zero-order valence-electron chi connectivity index (χ0n) is 9.74. The normalized spacial score (nSPS) is 15.6. The average Bonchev–Trinajstić information content (AvgIpc) is 2.71. The highest BCUT2D eigenvalue weighted by molar-refractivity contribution is 5.78. The van der Waals surface area contributed by atoms with E-state index in [1.807, 2.05) is 4.90 Å². The zero-order valence-corrected chi connectivity index (χ0v) is 9.74. The summed E-state index contributed by atoms with van der Waals surface area (Å²) in [5.74, 6) is 4.43. The fourth-order valence-electron chi connectivity index (χ4n) is 2.16. The second-order valence-electron chi connectivity index (χ2n) is 4.38. The Morgan fingerprint density at radius 1 is 1.65 bits per heavy atom. The number of hydrogen-bond donors (Lipinski definition) is 2. The molecule has 4 nitrogen and oxygen atoms in total. The molecule has 1 unspecified atom stereocenters. The SMILES string of the molecule is CC(CN1CCc2ccc(F)cc21)C(=O)NN. The Hall–Kier alpha value is -1.62. The van der Waals surface area contributed by atoms with Crippen LogP contribution in [-0.2, 0) is 11.2 Å². The monoisotopic (exact) mass is 237 g/mol. The molecule has 1 aliphatic rings. The molecule has 1 aromatic carbocycles. The molecule has 0 saturated carbocycles. The third-order valence-electron chi connectivity index (χ3n) is 3.12. The maximum absolute atomic E-state index is 13.2. The molecule has 1 aliphatic heterocycles. The molecule has 3 N–H and O–H groups in total. The number of fused-ring (bicyclic) bond motifs is 1. The van der Waals surface area contributed by atoms with E-state index in [1.54, 1.807) is 13.0 Å². The Labute approximate surface area is 99.6 Å². The van der Waals surface area contributed by atoms with Crippen molar-refractivity contribution >= 4 is 11.6 Å². The van der Waals surface area contributed by atoms with Gasteiger partial charge in [-0.3, -0.25) is 10.2 Å². The van der Waals surface area contributed by atoms with Gasteiger partial charge in [0.1, 0.15) is 5.82 Å². The lowest BCUT2D eigenvalue weighted by Gasteiger charge is -2.22. The van der Waals surface area contributed by atoms with Crippen molar-refractivity contribution in [3.05, 3.63) is 29.6 Å². The fraction of sp³-hybridized carbons (Fsp3) is 0.417. The average molecular weight is 237 g/mol. The molecule has 0 aromatic heterocycles. The molecule has 5 heteroatoms. The number of halogens is 1. The standard InChI is InChI=1S/C12H16FN3O/c1-8(12(17)15-14)7-16-5-4-9-2-3-10(13)6-11(9)16/h2-3,6,8H,4-5,7,14H2,1H3,(H,15,17). The number of nitrogens with two attached hydrogens (primary N) is 1. The first-order valence-corrected chi connectivity index (χ1v) is 5.65. The quantitative estimate of drug-likeness (QED) is 0.465. The molecule has 92 valence electrons. The zero-order chi connectivity index (χ0) is 12.4. The molecule has 0 saturated heterocycles. The van der Waals surface area contributed by atoms with Crippen LogP contribution in [0.5, 0.6) is 0 Å². The minimum atomic E-state index is -0.244. The van der Waals surface area contributed by atoms with E-state index >= 15 is 0 Å². The first kappa shape index (κ1) is 11.9. The molecule has 0 aliphatic carbocycles. The Morgan fingerprint density at radius 2 is 2.41 bits per heavy atom. The number of hydrazine groups is 1. The highest BCUT2D eigenvalue weighted by Crippen LogP contribution is 2.29. The fourth-order valence-corrected chi connectivity index (χ4v) is 2.16. The Kier molecular flexibility index (Phi) is 3.28. The van der Waals surface area contributed by atoms with E-state index in [1.165, 1.54) is 12.1 Å². The minimum Gasteiger partial charge on any atom is -0.370 e. The molecule has 1 heterocycles. The lowest BCUT2D eigenvalue weighted by Crippen LogP contribution is -2.40. The lowest BCUT2D eigenvalue weighted by atomic mass is 10.1. The second kappa shape index (κ2) is 4.71. The van der Waals surface area contributed by atoms with Crippen molar-refractivity contribution < 1.29 is 9.18 Å². The third kappa shape index (κ3) is 2.39. The van der Waals surface area contributed by atoms with Gasteiger partial charge >= 0.3 is 0 Å². The predicted octanol–water partition coefficient (Wildman–Crippen LogP) is 0.814. The van der Waals surface area contributed by atoms with Crippen LogP contribution in [-0.4, -0.2) is 19.0 Å². The molecule has 1 amide bonds.